The van der Waals surface area contributed by atoms with Gasteiger partial charge in [0.15, 0.2) is 0 Å². The number of hydrogen-bond donors (Lipinski definition) is 2. The van der Waals surface area contributed by atoms with Crippen molar-refractivity contribution < 1.29 is 14.3 Å². The van der Waals surface area contributed by atoms with Crippen molar-refractivity contribution in [3.8, 4) is 0 Å². The van der Waals surface area contributed by atoms with Crippen LogP contribution in [-0.2, 0) is 0 Å². The molecule has 0 bridgehead atoms. The normalized spacial score (nSPS) is 20.2. The Morgan fingerprint density at radius 3 is 2.76 bits per heavy atom. The molecule has 1 saturated heterocycles. The van der Waals surface area contributed by atoms with Crippen molar-refractivity contribution in [2.45, 2.75) is 5.92 Å². The second-order valence-corrected chi connectivity index (χ2v) is 4.10. The summed E-state index contributed by atoms with van der Waals surface area (Å²) in [4.78, 5) is 13.0. The van der Waals surface area contributed by atoms with Crippen molar-refractivity contribution in [2.24, 2.45) is 0 Å². The Balaban J connectivity index is 2.07. The maximum atomic E-state index is 12.8. The van der Waals surface area contributed by atoms with Crippen molar-refractivity contribution in [3.05, 3.63) is 35.6 Å². The fourth-order valence-electron chi connectivity index (χ4n) is 2.01. The van der Waals surface area contributed by atoms with E-state index in [4.69, 9.17) is 5.11 Å². The summed E-state index contributed by atoms with van der Waals surface area (Å²) in [5, 5.41) is 11.6. The number of benzene rings is 1. The van der Waals surface area contributed by atoms with E-state index in [1.54, 1.807) is 17.0 Å². The molecule has 1 aliphatic heterocycles. The zero-order valence-electron chi connectivity index (χ0n) is 9.40. The van der Waals surface area contributed by atoms with Gasteiger partial charge in [-0.1, -0.05) is 12.1 Å². The van der Waals surface area contributed by atoms with Crippen LogP contribution in [0.3, 0.4) is 0 Å². The topological polar surface area (TPSA) is 52.6 Å². The second-order valence-electron chi connectivity index (χ2n) is 4.10. The zero-order valence-corrected chi connectivity index (χ0v) is 9.40. The Morgan fingerprint density at radius 2 is 2.12 bits per heavy atom. The van der Waals surface area contributed by atoms with Gasteiger partial charge >= 0.3 is 6.03 Å². The number of aliphatic hydroxyl groups excluding tert-OH is 1. The third-order valence-corrected chi connectivity index (χ3v) is 2.94. The van der Waals surface area contributed by atoms with Gasteiger partial charge in [0.1, 0.15) is 5.82 Å². The smallest absolute Gasteiger partial charge is 0.317 e. The molecule has 4 nitrogen and oxygen atoms in total. The molecule has 1 atom stereocenters. The molecule has 2 rings (SSSR count). The minimum atomic E-state index is -0.263. The molecule has 0 aromatic heterocycles. The van der Waals surface area contributed by atoms with Crippen molar-refractivity contribution in [2.75, 3.05) is 26.2 Å². The van der Waals surface area contributed by atoms with E-state index in [0.717, 1.165) is 5.56 Å². The zero-order chi connectivity index (χ0) is 12.3. The number of halogens is 1. The molecule has 2 amide bonds. The van der Waals surface area contributed by atoms with Crippen LogP contribution in [0, 0.1) is 5.82 Å². The number of nitrogens with one attached hydrogen (secondary N) is 1. The van der Waals surface area contributed by atoms with E-state index in [1.165, 1.54) is 12.1 Å². The van der Waals surface area contributed by atoms with Crippen molar-refractivity contribution >= 4 is 6.03 Å². The summed E-state index contributed by atoms with van der Waals surface area (Å²) in [5.41, 5.74) is 0.995. The standard InChI is InChI=1S/C12H15FN2O2/c13-11-3-1-9(2-4-11)10-7-14-12(17)15(8-10)5-6-16/h1-4,10,16H,5-8H2,(H,14,17). The third-order valence-electron chi connectivity index (χ3n) is 2.94. The monoisotopic (exact) mass is 238 g/mol. The molecule has 0 aliphatic carbocycles. The Kier molecular flexibility index (Phi) is 3.58. The van der Waals surface area contributed by atoms with Gasteiger partial charge in [0.2, 0.25) is 0 Å². The molecule has 1 fully saturated rings. The summed E-state index contributed by atoms with van der Waals surface area (Å²) in [6, 6.07) is 6.14. The lowest BCUT2D eigenvalue weighted by molar-refractivity contribution is 0.160. The molecule has 2 N–H and O–H groups in total. The quantitative estimate of drug-likeness (QED) is 0.823. The average Bonchev–Trinajstić information content (AvgIpc) is 2.33. The van der Waals surface area contributed by atoms with E-state index in [2.05, 4.69) is 5.32 Å². The maximum Gasteiger partial charge on any atom is 0.317 e. The molecule has 0 spiro atoms. The number of hydrogen-bond acceptors (Lipinski definition) is 2. The summed E-state index contributed by atoms with van der Waals surface area (Å²) >= 11 is 0. The van der Waals surface area contributed by atoms with E-state index >= 15 is 0 Å². The first-order valence-electron chi connectivity index (χ1n) is 5.60. The number of carbonyl (C=O) groups is 1. The fourth-order valence-corrected chi connectivity index (χ4v) is 2.01. The van der Waals surface area contributed by atoms with Crippen LogP contribution >= 0.6 is 0 Å². The lowest BCUT2D eigenvalue weighted by Gasteiger charge is -2.33. The summed E-state index contributed by atoms with van der Waals surface area (Å²) in [7, 11) is 0. The van der Waals surface area contributed by atoms with Crippen LogP contribution in [0.4, 0.5) is 9.18 Å². The predicted molar refractivity (Wildman–Crippen MR) is 61.2 cm³/mol. The van der Waals surface area contributed by atoms with Gasteiger partial charge in [0.25, 0.3) is 0 Å². The van der Waals surface area contributed by atoms with Crippen LogP contribution in [0.15, 0.2) is 24.3 Å². The van der Waals surface area contributed by atoms with E-state index in [-0.39, 0.29) is 24.4 Å². The van der Waals surface area contributed by atoms with Gasteiger partial charge in [-0.05, 0) is 17.7 Å². The molecular weight excluding hydrogens is 223 g/mol. The summed E-state index contributed by atoms with van der Waals surface area (Å²) in [5.74, 6) is -0.124. The largest absolute Gasteiger partial charge is 0.395 e. The van der Waals surface area contributed by atoms with Crippen molar-refractivity contribution in [1.82, 2.24) is 10.2 Å². The first-order valence-corrected chi connectivity index (χ1v) is 5.60. The minimum absolute atomic E-state index is 0.0520. The van der Waals surface area contributed by atoms with Crippen LogP contribution < -0.4 is 5.32 Å². The van der Waals surface area contributed by atoms with Crippen molar-refractivity contribution in [1.29, 1.82) is 0 Å². The summed E-state index contributed by atoms with van der Waals surface area (Å²) < 4.78 is 12.8. The van der Waals surface area contributed by atoms with E-state index in [9.17, 15) is 9.18 Å². The highest BCUT2D eigenvalue weighted by molar-refractivity contribution is 5.75. The van der Waals surface area contributed by atoms with Crippen LogP contribution in [0.25, 0.3) is 0 Å². The van der Waals surface area contributed by atoms with Gasteiger partial charge in [0.05, 0.1) is 6.61 Å². The molecule has 0 radical (unpaired) electrons. The number of aliphatic hydroxyl groups is 1. The number of β-amino-alcohol motifs (C(OH)–C–C–N with tert-alkyl or cyclic N) is 1. The molecule has 92 valence electrons. The molecule has 1 heterocycles. The van der Waals surface area contributed by atoms with Crippen LogP contribution in [0.1, 0.15) is 11.5 Å². The Bertz CT molecular complexity index is 394. The SMILES string of the molecule is O=C1NCC(c2ccc(F)cc2)CN1CCO. The first-order chi connectivity index (χ1) is 8.20. The van der Waals surface area contributed by atoms with Crippen LogP contribution in [-0.4, -0.2) is 42.3 Å². The van der Waals surface area contributed by atoms with Gasteiger partial charge in [-0.3, -0.25) is 0 Å². The van der Waals surface area contributed by atoms with E-state index < -0.39 is 0 Å². The lowest BCUT2D eigenvalue weighted by atomic mass is 9.97. The average molecular weight is 238 g/mol. The van der Waals surface area contributed by atoms with Gasteiger partial charge in [-0.25, -0.2) is 9.18 Å². The van der Waals surface area contributed by atoms with Gasteiger partial charge in [0, 0.05) is 25.6 Å². The van der Waals surface area contributed by atoms with Gasteiger partial charge in [-0.2, -0.15) is 0 Å². The Hall–Kier alpha value is -1.62. The van der Waals surface area contributed by atoms with Crippen LogP contribution in [0.2, 0.25) is 0 Å². The summed E-state index contributed by atoms with van der Waals surface area (Å²) in [6.45, 7) is 1.37. The van der Waals surface area contributed by atoms with Crippen molar-refractivity contribution in [3.63, 3.8) is 0 Å². The molecule has 0 saturated carbocycles. The second kappa shape index (κ2) is 5.14. The van der Waals surface area contributed by atoms with Crippen LogP contribution in [0.5, 0.6) is 0 Å². The molecule has 17 heavy (non-hydrogen) atoms. The Labute approximate surface area is 99.0 Å². The maximum absolute atomic E-state index is 12.8. The molecule has 1 aromatic rings. The minimum Gasteiger partial charge on any atom is -0.395 e. The third kappa shape index (κ3) is 2.74. The molecular formula is C12H15FN2O2. The Morgan fingerprint density at radius 1 is 1.41 bits per heavy atom. The number of rotatable bonds is 3. The van der Waals surface area contributed by atoms with Gasteiger partial charge < -0.3 is 15.3 Å². The summed E-state index contributed by atoms with van der Waals surface area (Å²) in [6.07, 6.45) is 0. The number of amides is 2. The fraction of sp³-hybridized carbons (Fsp3) is 0.417. The lowest BCUT2D eigenvalue weighted by Crippen LogP contribution is -2.50. The highest BCUT2D eigenvalue weighted by Gasteiger charge is 2.25. The molecule has 1 aromatic carbocycles. The van der Waals surface area contributed by atoms with E-state index in [1.807, 2.05) is 0 Å². The predicted octanol–water partition coefficient (Wildman–Crippen LogP) is 0.927. The number of urea groups is 1. The molecule has 1 aliphatic rings. The highest BCUT2D eigenvalue weighted by atomic mass is 19.1. The number of carbonyl (C=O) groups excluding carboxylic acids is 1. The highest BCUT2D eigenvalue weighted by Crippen LogP contribution is 2.19. The van der Waals surface area contributed by atoms with Gasteiger partial charge in [-0.15, -0.1) is 0 Å². The molecule has 5 heteroatoms. The first kappa shape index (κ1) is 11.9. The molecule has 1 unspecified atom stereocenters. The van der Waals surface area contributed by atoms with E-state index in [0.29, 0.717) is 19.6 Å². The number of nitrogens with zero attached hydrogens (tertiary/aromatic N) is 1.